The first kappa shape index (κ1) is 20.1. The highest BCUT2D eigenvalue weighted by atomic mass is 16.7. The molecule has 5 heteroatoms. The second-order valence-electron chi connectivity index (χ2n) is 8.71. The van der Waals surface area contributed by atoms with Crippen molar-refractivity contribution in [1.29, 1.82) is 0 Å². The van der Waals surface area contributed by atoms with Crippen LogP contribution in [0.5, 0.6) is 0 Å². The molecule has 1 N–H and O–H groups in total. The summed E-state index contributed by atoms with van der Waals surface area (Å²) in [5.74, 6) is -0.0705. The third kappa shape index (κ3) is 3.58. The van der Waals surface area contributed by atoms with Crippen molar-refractivity contribution >= 4 is 11.9 Å². The molecule has 3 aliphatic rings. The van der Waals surface area contributed by atoms with Crippen molar-refractivity contribution in [2.45, 2.75) is 59.0 Å². The van der Waals surface area contributed by atoms with E-state index in [0.29, 0.717) is 11.8 Å². The van der Waals surface area contributed by atoms with Crippen molar-refractivity contribution in [3.8, 4) is 0 Å². The van der Waals surface area contributed by atoms with Crippen LogP contribution in [0.15, 0.2) is 24.3 Å². The minimum absolute atomic E-state index is 0.0419. The third-order valence-corrected chi connectivity index (χ3v) is 7.36. The van der Waals surface area contributed by atoms with Crippen molar-refractivity contribution in [1.82, 2.24) is 0 Å². The zero-order valence-corrected chi connectivity index (χ0v) is 16.6. The SMILES string of the molecule is C=C1C[C@]23C[C@H]1CC[C@H]2CC([C@@H](C)[C@@H](O)/C=C\C)[C@@H]3C(=O)OCOC(C)=O. The largest absolute Gasteiger partial charge is 0.428 e. The average Bonchev–Trinajstić information content (AvgIpc) is 3.07. The molecule has 0 aliphatic heterocycles. The number of fused-ring (bicyclic) bond motifs is 1. The van der Waals surface area contributed by atoms with E-state index in [1.807, 2.05) is 19.9 Å². The number of ether oxygens (including phenoxy) is 2. The Morgan fingerprint density at radius 1 is 1.37 bits per heavy atom. The molecule has 1 spiro atoms. The molecule has 3 saturated carbocycles. The van der Waals surface area contributed by atoms with Crippen LogP contribution in [0.4, 0.5) is 0 Å². The van der Waals surface area contributed by atoms with Gasteiger partial charge in [-0.25, -0.2) is 0 Å². The highest BCUT2D eigenvalue weighted by molar-refractivity contribution is 5.75. The minimum Gasteiger partial charge on any atom is -0.428 e. The van der Waals surface area contributed by atoms with Gasteiger partial charge in [0.15, 0.2) is 0 Å². The van der Waals surface area contributed by atoms with Gasteiger partial charge >= 0.3 is 11.9 Å². The molecule has 5 nitrogen and oxygen atoms in total. The van der Waals surface area contributed by atoms with Gasteiger partial charge in [0.25, 0.3) is 0 Å². The molecular formula is C22H32O5. The maximum atomic E-state index is 13.1. The smallest absolute Gasteiger partial charge is 0.312 e. The molecule has 0 radical (unpaired) electrons. The Balaban J connectivity index is 1.87. The first-order valence-corrected chi connectivity index (χ1v) is 10.1. The second kappa shape index (κ2) is 7.78. The molecule has 0 aromatic heterocycles. The summed E-state index contributed by atoms with van der Waals surface area (Å²) in [5, 5.41) is 10.6. The van der Waals surface area contributed by atoms with E-state index in [-0.39, 0.29) is 35.9 Å². The van der Waals surface area contributed by atoms with Crippen molar-refractivity contribution in [2.75, 3.05) is 6.79 Å². The van der Waals surface area contributed by atoms with Crippen molar-refractivity contribution in [3.63, 3.8) is 0 Å². The van der Waals surface area contributed by atoms with Crippen LogP contribution in [-0.2, 0) is 19.1 Å². The summed E-state index contributed by atoms with van der Waals surface area (Å²) in [6, 6.07) is 0. The summed E-state index contributed by atoms with van der Waals surface area (Å²) < 4.78 is 10.2. The van der Waals surface area contributed by atoms with Crippen LogP contribution in [0.2, 0.25) is 0 Å². The van der Waals surface area contributed by atoms with E-state index in [2.05, 4.69) is 6.58 Å². The predicted molar refractivity (Wildman–Crippen MR) is 101 cm³/mol. The second-order valence-corrected chi connectivity index (χ2v) is 8.71. The number of hydrogen-bond donors (Lipinski definition) is 1. The molecule has 150 valence electrons. The number of allylic oxidation sites excluding steroid dienone is 2. The number of carbonyl (C=O) groups is 2. The van der Waals surface area contributed by atoms with E-state index in [9.17, 15) is 14.7 Å². The molecule has 27 heavy (non-hydrogen) atoms. The fraction of sp³-hybridized carbons (Fsp3) is 0.727. The Kier molecular flexibility index (Phi) is 5.80. The van der Waals surface area contributed by atoms with Crippen LogP contribution in [0.25, 0.3) is 0 Å². The predicted octanol–water partition coefficient (Wildman–Crippen LogP) is 3.62. The Morgan fingerprint density at radius 2 is 2.11 bits per heavy atom. The van der Waals surface area contributed by atoms with Crippen LogP contribution in [0, 0.1) is 35.0 Å². The van der Waals surface area contributed by atoms with Gasteiger partial charge in [-0.2, -0.15) is 0 Å². The van der Waals surface area contributed by atoms with Crippen molar-refractivity contribution < 1.29 is 24.2 Å². The van der Waals surface area contributed by atoms with Gasteiger partial charge in [-0.05, 0) is 68.1 Å². The summed E-state index contributed by atoms with van der Waals surface area (Å²) in [7, 11) is 0. The highest BCUT2D eigenvalue weighted by Crippen LogP contribution is 2.68. The molecule has 0 saturated heterocycles. The molecule has 0 aromatic carbocycles. The molecule has 3 aliphatic carbocycles. The average molecular weight is 376 g/mol. The fourth-order valence-electron chi connectivity index (χ4n) is 6.10. The standard InChI is InChI=1S/C22H32O5/c1-5-6-19(24)14(3)18-9-17-8-7-16-11-22(17,10-13(16)2)20(18)21(25)27-12-26-15(4)23/h5-6,14,16-20,24H,2,7-12H2,1,3-4H3/b6-5-/t14-,16-,17+,18?,19+,20-,22+/m1/s1. The van der Waals surface area contributed by atoms with E-state index in [4.69, 9.17) is 9.47 Å². The van der Waals surface area contributed by atoms with Gasteiger partial charge < -0.3 is 14.6 Å². The lowest BCUT2D eigenvalue weighted by molar-refractivity contribution is -0.174. The van der Waals surface area contributed by atoms with E-state index >= 15 is 0 Å². The monoisotopic (exact) mass is 376 g/mol. The maximum absolute atomic E-state index is 13.1. The van der Waals surface area contributed by atoms with Gasteiger partial charge in [-0.3, -0.25) is 9.59 Å². The highest BCUT2D eigenvalue weighted by Gasteiger charge is 2.64. The van der Waals surface area contributed by atoms with Gasteiger partial charge in [0.05, 0.1) is 12.0 Å². The first-order chi connectivity index (χ1) is 12.8. The minimum atomic E-state index is -0.583. The zero-order chi connectivity index (χ0) is 19.8. The van der Waals surface area contributed by atoms with E-state index in [0.717, 1.165) is 32.1 Å². The lowest BCUT2D eigenvalue weighted by atomic mass is 9.64. The van der Waals surface area contributed by atoms with Gasteiger partial charge in [-0.1, -0.05) is 31.2 Å². The molecule has 0 aromatic rings. The molecule has 3 rings (SSSR count). The quantitative estimate of drug-likeness (QED) is 0.435. The molecule has 0 amide bonds. The Labute approximate surface area is 161 Å². The normalized spacial score (nSPS) is 37.1. The van der Waals surface area contributed by atoms with Gasteiger partial charge in [0.2, 0.25) is 6.79 Å². The topological polar surface area (TPSA) is 72.8 Å². The molecule has 2 bridgehead atoms. The number of carbonyl (C=O) groups excluding carboxylic acids is 2. The van der Waals surface area contributed by atoms with Crippen LogP contribution in [0.1, 0.15) is 52.9 Å². The summed E-state index contributed by atoms with van der Waals surface area (Å²) in [6.07, 6.45) is 8.12. The molecule has 7 atom stereocenters. The van der Waals surface area contributed by atoms with Crippen LogP contribution < -0.4 is 0 Å². The lowest BCUT2D eigenvalue weighted by Crippen LogP contribution is -2.41. The van der Waals surface area contributed by atoms with Gasteiger partial charge in [-0.15, -0.1) is 0 Å². The van der Waals surface area contributed by atoms with E-state index in [1.54, 1.807) is 6.08 Å². The number of hydrogen-bond acceptors (Lipinski definition) is 5. The summed E-state index contributed by atoms with van der Waals surface area (Å²) in [5.41, 5.74) is 1.15. The first-order valence-electron chi connectivity index (χ1n) is 10.1. The van der Waals surface area contributed by atoms with Crippen LogP contribution in [-0.4, -0.2) is 29.9 Å². The summed E-state index contributed by atoms with van der Waals surface area (Å²) in [6.45, 7) is 9.15. The van der Waals surface area contributed by atoms with E-state index in [1.165, 1.54) is 12.5 Å². The fourth-order valence-corrected chi connectivity index (χ4v) is 6.10. The lowest BCUT2D eigenvalue weighted by Gasteiger charge is -2.40. The van der Waals surface area contributed by atoms with Gasteiger partial charge in [0.1, 0.15) is 0 Å². The Morgan fingerprint density at radius 3 is 2.78 bits per heavy atom. The molecule has 1 unspecified atom stereocenters. The summed E-state index contributed by atoms with van der Waals surface area (Å²) in [4.78, 5) is 24.1. The molecule has 3 fully saturated rings. The Bertz CT molecular complexity index is 639. The molecular weight excluding hydrogens is 344 g/mol. The number of esters is 2. The van der Waals surface area contributed by atoms with Crippen LogP contribution in [0.3, 0.4) is 0 Å². The molecule has 0 heterocycles. The van der Waals surface area contributed by atoms with Crippen molar-refractivity contribution in [2.24, 2.45) is 35.0 Å². The number of rotatable bonds is 6. The zero-order valence-electron chi connectivity index (χ0n) is 16.6. The third-order valence-electron chi connectivity index (χ3n) is 7.36. The van der Waals surface area contributed by atoms with Gasteiger partial charge in [0, 0.05) is 6.92 Å². The number of aliphatic hydroxyl groups excluding tert-OH is 1. The summed E-state index contributed by atoms with van der Waals surface area (Å²) >= 11 is 0. The number of aliphatic hydroxyl groups is 1. The van der Waals surface area contributed by atoms with E-state index < -0.39 is 12.1 Å². The van der Waals surface area contributed by atoms with Crippen molar-refractivity contribution in [3.05, 3.63) is 24.3 Å². The Hall–Kier alpha value is -1.62. The maximum Gasteiger partial charge on any atom is 0.312 e. The van der Waals surface area contributed by atoms with Crippen LogP contribution >= 0.6 is 0 Å².